The molecular formula is C43H27IN2O. The number of ether oxygens (including phenoxy) is 1. The van der Waals surface area contributed by atoms with Crippen LogP contribution in [0.3, 0.4) is 0 Å². The van der Waals surface area contributed by atoms with Crippen LogP contribution in [0.15, 0.2) is 164 Å². The van der Waals surface area contributed by atoms with E-state index in [1.165, 1.54) is 25.3 Å². The molecule has 0 radical (unpaired) electrons. The summed E-state index contributed by atoms with van der Waals surface area (Å²) in [5.74, 6) is 1.72. The van der Waals surface area contributed by atoms with Gasteiger partial charge in [-0.25, -0.2) is 9.97 Å². The number of aromatic nitrogens is 2. The minimum atomic E-state index is -0.349. The van der Waals surface area contributed by atoms with E-state index in [0.717, 1.165) is 54.0 Å². The van der Waals surface area contributed by atoms with Gasteiger partial charge in [0.2, 0.25) is 0 Å². The Hall–Kier alpha value is -5.46. The summed E-state index contributed by atoms with van der Waals surface area (Å²) in [5, 5.41) is 4.74. The number of hydrogen-bond acceptors (Lipinski definition) is 3. The number of halogens is 1. The normalized spacial score (nSPS) is 12.3. The third-order valence-electron chi connectivity index (χ3n) is 8.60. The van der Waals surface area contributed by atoms with Gasteiger partial charge in [0.1, 0.15) is 5.75 Å². The lowest BCUT2D eigenvalue weighted by Crippen LogP contribution is -2.04. The summed E-state index contributed by atoms with van der Waals surface area (Å²) in [5.41, 5.74) is 8.36. The number of benzene rings is 7. The SMILES string of the molecule is c1ccc(C2=Ic3ccc4cc(-c5cccc(-c6nc(-c7ccccc7)cc(-c7ccc8ccccc8c7)n6)c5)ccc4c3O2)cc1. The van der Waals surface area contributed by atoms with Crippen molar-refractivity contribution < 1.29 is 4.74 Å². The van der Waals surface area contributed by atoms with Crippen molar-refractivity contribution in [2.45, 2.75) is 0 Å². The van der Waals surface area contributed by atoms with Gasteiger partial charge in [0, 0.05) is 27.6 Å². The Labute approximate surface area is 282 Å². The van der Waals surface area contributed by atoms with E-state index in [9.17, 15) is 0 Å². The highest BCUT2D eigenvalue weighted by atomic mass is 127. The molecule has 7 aromatic carbocycles. The summed E-state index contributed by atoms with van der Waals surface area (Å²) in [7, 11) is 0. The molecule has 4 heteroatoms. The van der Waals surface area contributed by atoms with Crippen LogP contribution >= 0.6 is 20.7 Å². The summed E-state index contributed by atoms with van der Waals surface area (Å²) in [4.78, 5) is 10.2. The van der Waals surface area contributed by atoms with Crippen molar-refractivity contribution in [1.82, 2.24) is 9.97 Å². The predicted octanol–water partition coefficient (Wildman–Crippen LogP) is 11.2. The van der Waals surface area contributed by atoms with Crippen molar-refractivity contribution in [3.05, 3.63) is 173 Å². The lowest BCUT2D eigenvalue weighted by Gasteiger charge is -2.12. The molecule has 1 aliphatic heterocycles. The third-order valence-corrected chi connectivity index (χ3v) is 11.4. The Morgan fingerprint density at radius 2 is 1.02 bits per heavy atom. The van der Waals surface area contributed by atoms with Crippen LogP contribution in [-0.4, -0.2) is 13.7 Å². The fourth-order valence-electron chi connectivity index (χ4n) is 6.18. The first-order chi connectivity index (χ1) is 23.2. The highest BCUT2D eigenvalue weighted by molar-refractivity contribution is 14.2. The smallest absolute Gasteiger partial charge is 0.166 e. The Morgan fingerprint density at radius 1 is 0.404 bits per heavy atom. The summed E-state index contributed by atoms with van der Waals surface area (Å²) < 4.78 is 8.95. The van der Waals surface area contributed by atoms with Crippen LogP contribution in [0.4, 0.5) is 0 Å². The molecule has 0 N–H and O–H groups in total. The molecule has 2 heterocycles. The Balaban J connectivity index is 1.10. The summed E-state index contributed by atoms with van der Waals surface area (Å²) in [6, 6.07) is 57.6. The maximum atomic E-state index is 6.50. The minimum Gasteiger partial charge on any atom is -0.449 e. The molecule has 0 spiro atoms. The topological polar surface area (TPSA) is 35.0 Å². The van der Waals surface area contributed by atoms with E-state index >= 15 is 0 Å². The first-order valence-electron chi connectivity index (χ1n) is 15.6. The van der Waals surface area contributed by atoms with Gasteiger partial charge in [0.05, 0.1) is 15.0 Å². The molecule has 47 heavy (non-hydrogen) atoms. The molecule has 1 aromatic heterocycles. The van der Waals surface area contributed by atoms with E-state index in [1.807, 2.05) is 12.1 Å². The molecular weight excluding hydrogens is 687 g/mol. The van der Waals surface area contributed by atoms with Crippen LogP contribution in [0.5, 0.6) is 5.75 Å². The monoisotopic (exact) mass is 714 g/mol. The van der Waals surface area contributed by atoms with Gasteiger partial charge in [-0.2, -0.15) is 0 Å². The van der Waals surface area contributed by atoms with E-state index in [-0.39, 0.29) is 20.7 Å². The van der Waals surface area contributed by atoms with Gasteiger partial charge in [-0.3, -0.25) is 0 Å². The summed E-state index contributed by atoms with van der Waals surface area (Å²) in [6.07, 6.45) is 0. The number of fused-ring (bicyclic) bond motifs is 4. The van der Waals surface area contributed by atoms with Crippen LogP contribution in [0, 0.1) is 3.57 Å². The molecule has 8 aromatic rings. The van der Waals surface area contributed by atoms with Crippen molar-refractivity contribution in [2.75, 3.05) is 0 Å². The molecule has 0 aliphatic carbocycles. The highest BCUT2D eigenvalue weighted by Gasteiger charge is 2.20. The molecule has 0 fully saturated rings. The van der Waals surface area contributed by atoms with Gasteiger partial charge in [0.15, 0.2) is 9.52 Å². The first kappa shape index (κ1) is 27.8. The molecule has 222 valence electrons. The Kier molecular flexibility index (Phi) is 6.94. The van der Waals surface area contributed by atoms with Crippen molar-refractivity contribution in [2.24, 2.45) is 0 Å². The standard InChI is InChI=1S/C43H27IN2O/c1-3-11-29(12-4-1)39-27-40(35-19-18-28-10-7-8-15-31(28)25-35)46-43(45-39)36-17-9-16-32(26-36)33-20-22-37-34(24-33)21-23-38-41(37)47-42(44-38)30-13-5-2-6-14-30/h1-27H. The van der Waals surface area contributed by atoms with Crippen LogP contribution in [0.1, 0.15) is 5.56 Å². The van der Waals surface area contributed by atoms with Crippen LogP contribution in [-0.2, 0) is 0 Å². The predicted molar refractivity (Wildman–Crippen MR) is 203 cm³/mol. The fourth-order valence-corrected chi connectivity index (χ4v) is 8.72. The third kappa shape index (κ3) is 5.30. The van der Waals surface area contributed by atoms with Crippen molar-refractivity contribution in [3.8, 4) is 50.8 Å². The molecule has 0 amide bonds. The van der Waals surface area contributed by atoms with Crippen molar-refractivity contribution in [3.63, 3.8) is 0 Å². The second kappa shape index (κ2) is 11.7. The summed E-state index contributed by atoms with van der Waals surface area (Å²) in [6.45, 7) is 0. The molecule has 0 saturated heterocycles. The Bertz CT molecular complexity index is 2490. The molecule has 1 aliphatic rings. The van der Waals surface area contributed by atoms with E-state index in [1.54, 1.807) is 0 Å². The first-order valence-corrected chi connectivity index (χ1v) is 17.8. The number of hydrogen-bond donors (Lipinski definition) is 0. The lowest BCUT2D eigenvalue weighted by atomic mass is 9.99. The second-order valence-electron chi connectivity index (χ2n) is 11.6. The number of rotatable bonds is 5. The molecule has 0 bridgehead atoms. The maximum Gasteiger partial charge on any atom is 0.166 e. The quantitative estimate of drug-likeness (QED) is 0.167. The van der Waals surface area contributed by atoms with Gasteiger partial charge in [-0.15, -0.1) is 0 Å². The molecule has 0 atom stereocenters. The van der Waals surface area contributed by atoms with Crippen molar-refractivity contribution >= 4 is 46.0 Å². The van der Waals surface area contributed by atoms with Crippen LogP contribution in [0.2, 0.25) is 0 Å². The van der Waals surface area contributed by atoms with Crippen LogP contribution < -0.4 is 4.74 Å². The fraction of sp³-hybridized carbons (Fsp3) is 0. The van der Waals surface area contributed by atoms with Gasteiger partial charge in [0.25, 0.3) is 0 Å². The van der Waals surface area contributed by atoms with Crippen LogP contribution in [0.25, 0.3) is 66.6 Å². The van der Waals surface area contributed by atoms with E-state index in [2.05, 4.69) is 152 Å². The molecule has 0 saturated carbocycles. The highest BCUT2D eigenvalue weighted by Crippen LogP contribution is 2.41. The van der Waals surface area contributed by atoms with Gasteiger partial charge in [-0.1, -0.05) is 127 Å². The molecule has 9 rings (SSSR count). The maximum absolute atomic E-state index is 6.50. The summed E-state index contributed by atoms with van der Waals surface area (Å²) >= 11 is -0.349. The van der Waals surface area contributed by atoms with Gasteiger partial charge < -0.3 is 4.74 Å². The number of nitrogens with zero attached hydrogens (tertiary/aromatic N) is 2. The van der Waals surface area contributed by atoms with E-state index in [0.29, 0.717) is 5.82 Å². The minimum absolute atomic E-state index is 0.349. The average molecular weight is 715 g/mol. The largest absolute Gasteiger partial charge is 0.449 e. The van der Waals surface area contributed by atoms with E-state index in [4.69, 9.17) is 14.7 Å². The van der Waals surface area contributed by atoms with Gasteiger partial charge >= 0.3 is 0 Å². The van der Waals surface area contributed by atoms with Crippen molar-refractivity contribution in [1.29, 1.82) is 0 Å². The van der Waals surface area contributed by atoms with Gasteiger partial charge in [-0.05, 0) is 84.4 Å². The second-order valence-corrected chi connectivity index (χ2v) is 14.3. The molecule has 0 unspecified atom stereocenters. The van der Waals surface area contributed by atoms with E-state index < -0.39 is 0 Å². The zero-order chi connectivity index (χ0) is 31.2. The zero-order valence-electron chi connectivity index (χ0n) is 25.3. The Morgan fingerprint density at radius 3 is 1.85 bits per heavy atom. The zero-order valence-corrected chi connectivity index (χ0v) is 27.4. The average Bonchev–Trinajstić information content (AvgIpc) is 3.60. The molecule has 3 nitrogen and oxygen atoms in total. The lowest BCUT2D eigenvalue weighted by molar-refractivity contribution is 0.574.